The molecule has 0 spiro atoms. The minimum absolute atomic E-state index is 0.346. The van der Waals surface area contributed by atoms with Crippen LogP contribution in [0.1, 0.15) is 37.8 Å². The van der Waals surface area contributed by atoms with E-state index >= 15 is 0 Å². The first-order valence-electron chi connectivity index (χ1n) is 7.72. The van der Waals surface area contributed by atoms with Crippen LogP contribution in [0.2, 0.25) is 0 Å². The van der Waals surface area contributed by atoms with Crippen LogP contribution < -0.4 is 14.8 Å². The summed E-state index contributed by atoms with van der Waals surface area (Å²) >= 11 is 0. The minimum Gasteiger partial charge on any atom is -0.496 e. The zero-order chi connectivity index (χ0) is 14.1. The maximum Gasteiger partial charge on any atom is 0.127 e. The van der Waals surface area contributed by atoms with Crippen molar-refractivity contribution < 1.29 is 9.47 Å². The van der Waals surface area contributed by atoms with Gasteiger partial charge < -0.3 is 14.8 Å². The summed E-state index contributed by atoms with van der Waals surface area (Å²) in [7, 11) is 3.49. The monoisotopic (exact) mass is 275 g/mol. The van der Waals surface area contributed by atoms with Gasteiger partial charge in [-0.05, 0) is 55.7 Å². The topological polar surface area (TPSA) is 30.5 Å². The van der Waals surface area contributed by atoms with Crippen molar-refractivity contribution in [3.8, 4) is 11.5 Å². The van der Waals surface area contributed by atoms with Crippen LogP contribution >= 0.6 is 0 Å². The van der Waals surface area contributed by atoms with E-state index in [-0.39, 0.29) is 0 Å². The van der Waals surface area contributed by atoms with Crippen molar-refractivity contribution in [3.05, 3.63) is 23.8 Å². The number of fused-ring (bicyclic) bond motifs is 1. The maximum atomic E-state index is 5.59. The number of rotatable bonds is 6. The molecule has 1 aromatic rings. The predicted octanol–water partition coefficient (Wildman–Crippen LogP) is 3.40. The van der Waals surface area contributed by atoms with Crippen LogP contribution in [0.5, 0.6) is 11.5 Å². The fourth-order valence-corrected chi connectivity index (χ4v) is 3.94. The van der Waals surface area contributed by atoms with Gasteiger partial charge in [0, 0.05) is 6.04 Å². The molecule has 2 fully saturated rings. The van der Waals surface area contributed by atoms with Gasteiger partial charge in [-0.2, -0.15) is 0 Å². The fraction of sp³-hybridized carbons (Fsp3) is 0.647. The van der Waals surface area contributed by atoms with Gasteiger partial charge in [0.25, 0.3) is 0 Å². The fourth-order valence-electron chi connectivity index (χ4n) is 3.94. The molecule has 0 heterocycles. The van der Waals surface area contributed by atoms with E-state index in [1.165, 1.54) is 24.8 Å². The minimum atomic E-state index is 0.346. The van der Waals surface area contributed by atoms with Gasteiger partial charge in [-0.3, -0.25) is 0 Å². The number of hydrogen-bond acceptors (Lipinski definition) is 3. The lowest BCUT2D eigenvalue weighted by Crippen LogP contribution is -2.28. The van der Waals surface area contributed by atoms with E-state index < -0.39 is 0 Å². The van der Waals surface area contributed by atoms with Gasteiger partial charge in [0.05, 0.1) is 19.8 Å². The molecule has 3 rings (SSSR count). The van der Waals surface area contributed by atoms with Crippen molar-refractivity contribution in [2.75, 3.05) is 20.8 Å². The molecule has 0 aromatic heterocycles. The highest BCUT2D eigenvalue weighted by Gasteiger charge is 2.48. The second kappa shape index (κ2) is 5.65. The third-order valence-electron chi connectivity index (χ3n) is 4.95. The maximum absolute atomic E-state index is 5.59. The van der Waals surface area contributed by atoms with Crippen molar-refractivity contribution in [1.29, 1.82) is 0 Å². The van der Waals surface area contributed by atoms with Crippen molar-refractivity contribution in [2.24, 2.45) is 17.8 Å². The Morgan fingerprint density at radius 1 is 1.10 bits per heavy atom. The van der Waals surface area contributed by atoms with Crippen molar-refractivity contribution in [2.45, 2.75) is 32.2 Å². The number of benzene rings is 1. The van der Waals surface area contributed by atoms with Crippen LogP contribution in [0, 0.1) is 17.8 Å². The van der Waals surface area contributed by atoms with E-state index in [4.69, 9.17) is 9.47 Å². The molecule has 0 aliphatic heterocycles. The standard InChI is InChI=1S/C17H25NO2/c1-4-18-17(13-9-11-8-12(11)10-13)16-14(19-2)6-5-7-15(16)20-3/h5-7,11-13,17-18H,4,8-10H2,1-3H3. The smallest absolute Gasteiger partial charge is 0.127 e. The van der Waals surface area contributed by atoms with Gasteiger partial charge in [-0.15, -0.1) is 0 Å². The zero-order valence-electron chi connectivity index (χ0n) is 12.7. The summed E-state index contributed by atoms with van der Waals surface area (Å²) in [5.74, 6) is 4.57. The largest absolute Gasteiger partial charge is 0.496 e. The molecule has 1 N–H and O–H groups in total. The quantitative estimate of drug-likeness (QED) is 0.863. The third-order valence-corrected chi connectivity index (χ3v) is 4.95. The Morgan fingerprint density at radius 2 is 1.70 bits per heavy atom. The summed E-state index contributed by atoms with van der Waals surface area (Å²) in [6.45, 7) is 3.14. The van der Waals surface area contributed by atoms with Gasteiger partial charge >= 0.3 is 0 Å². The van der Waals surface area contributed by atoms with Gasteiger partial charge in [-0.1, -0.05) is 13.0 Å². The molecule has 20 heavy (non-hydrogen) atoms. The molecule has 3 unspecified atom stereocenters. The molecule has 3 nitrogen and oxygen atoms in total. The lowest BCUT2D eigenvalue weighted by Gasteiger charge is -2.28. The first kappa shape index (κ1) is 13.7. The molecule has 0 radical (unpaired) electrons. The van der Waals surface area contributed by atoms with Crippen LogP contribution in [0.15, 0.2) is 18.2 Å². The summed E-state index contributed by atoms with van der Waals surface area (Å²) in [4.78, 5) is 0. The first-order valence-corrected chi connectivity index (χ1v) is 7.72. The second-order valence-corrected chi connectivity index (χ2v) is 6.10. The van der Waals surface area contributed by atoms with E-state index in [0.29, 0.717) is 12.0 Å². The lowest BCUT2D eigenvalue weighted by molar-refractivity contribution is 0.313. The highest BCUT2D eigenvalue weighted by molar-refractivity contribution is 5.47. The van der Waals surface area contributed by atoms with E-state index in [9.17, 15) is 0 Å². The van der Waals surface area contributed by atoms with E-state index in [0.717, 1.165) is 29.9 Å². The summed E-state index contributed by atoms with van der Waals surface area (Å²) in [6, 6.07) is 6.42. The first-order chi connectivity index (χ1) is 9.78. The van der Waals surface area contributed by atoms with Crippen molar-refractivity contribution >= 4 is 0 Å². The SMILES string of the molecule is CCNC(c1c(OC)cccc1OC)C1CC2CC2C1. The van der Waals surface area contributed by atoms with Crippen LogP contribution in [0.3, 0.4) is 0 Å². The summed E-state index contributed by atoms with van der Waals surface area (Å²) in [6.07, 6.45) is 4.16. The Hall–Kier alpha value is -1.22. The highest BCUT2D eigenvalue weighted by atomic mass is 16.5. The summed E-state index contributed by atoms with van der Waals surface area (Å²) in [5, 5.41) is 3.67. The van der Waals surface area contributed by atoms with Gasteiger partial charge in [0.2, 0.25) is 0 Å². The van der Waals surface area contributed by atoms with Crippen molar-refractivity contribution in [1.82, 2.24) is 5.32 Å². The highest BCUT2D eigenvalue weighted by Crippen LogP contribution is 2.58. The van der Waals surface area contributed by atoms with E-state index in [1.54, 1.807) is 14.2 Å². The van der Waals surface area contributed by atoms with E-state index in [2.05, 4.69) is 12.2 Å². The predicted molar refractivity (Wildman–Crippen MR) is 80.3 cm³/mol. The van der Waals surface area contributed by atoms with Crippen LogP contribution in [0.4, 0.5) is 0 Å². The molecule has 110 valence electrons. The number of nitrogens with one attached hydrogen (secondary N) is 1. The molecule has 2 saturated carbocycles. The number of hydrogen-bond donors (Lipinski definition) is 1. The van der Waals surface area contributed by atoms with Gasteiger partial charge in [0.1, 0.15) is 11.5 Å². The molecule has 0 amide bonds. The Labute approximate surface area is 121 Å². The average molecular weight is 275 g/mol. The van der Waals surface area contributed by atoms with Crippen LogP contribution in [-0.2, 0) is 0 Å². The molecule has 0 bridgehead atoms. The molecule has 2 aliphatic rings. The molecule has 3 heteroatoms. The Bertz CT molecular complexity index is 442. The van der Waals surface area contributed by atoms with Gasteiger partial charge in [-0.25, -0.2) is 0 Å². The Balaban J connectivity index is 1.93. The molecule has 1 aromatic carbocycles. The Kier molecular flexibility index (Phi) is 3.88. The van der Waals surface area contributed by atoms with Crippen molar-refractivity contribution in [3.63, 3.8) is 0 Å². The Morgan fingerprint density at radius 3 is 2.20 bits per heavy atom. The number of ether oxygens (including phenoxy) is 2. The molecule has 2 aliphatic carbocycles. The van der Waals surface area contributed by atoms with Gasteiger partial charge in [0.15, 0.2) is 0 Å². The normalized spacial score (nSPS) is 28.9. The number of methoxy groups -OCH3 is 2. The molecule has 0 saturated heterocycles. The average Bonchev–Trinajstić information content (AvgIpc) is 3.10. The lowest BCUT2D eigenvalue weighted by atomic mass is 9.88. The molecule has 3 atom stereocenters. The molecular weight excluding hydrogens is 250 g/mol. The second-order valence-electron chi connectivity index (χ2n) is 6.10. The molecular formula is C17H25NO2. The summed E-state index contributed by atoms with van der Waals surface area (Å²) < 4.78 is 11.2. The summed E-state index contributed by atoms with van der Waals surface area (Å²) in [5.41, 5.74) is 1.20. The third kappa shape index (κ3) is 2.39. The van der Waals surface area contributed by atoms with Crippen LogP contribution in [0.25, 0.3) is 0 Å². The van der Waals surface area contributed by atoms with Crippen LogP contribution in [-0.4, -0.2) is 20.8 Å². The zero-order valence-corrected chi connectivity index (χ0v) is 12.7. The van der Waals surface area contributed by atoms with E-state index in [1.807, 2.05) is 18.2 Å².